The minimum absolute atomic E-state index is 0.0219. The number of rotatable bonds is 6. The maximum atomic E-state index is 11.9. The van der Waals surface area contributed by atoms with Gasteiger partial charge in [-0.1, -0.05) is 54.6 Å². The molecule has 0 aliphatic heterocycles. The maximum absolute atomic E-state index is 11.9. The van der Waals surface area contributed by atoms with Gasteiger partial charge in [0.15, 0.2) is 0 Å². The van der Waals surface area contributed by atoms with Crippen molar-refractivity contribution in [1.82, 2.24) is 0 Å². The van der Waals surface area contributed by atoms with Gasteiger partial charge in [0.25, 0.3) is 0 Å². The second-order valence-corrected chi connectivity index (χ2v) is 5.11. The number of carboxylic acid groups (broad SMARTS) is 1. The SMILES string of the molecule is NCC(Cc1ccc(CO)cc1)(C(=O)O)c1ccccc1. The molecule has 4 nitrogen and oxygen atoms in total. The van der Waals surface area contributed by atoms with E-state index in [1.807, 2.05) is 30.3 Å². The molecule has 2 aromatic rings. The van der Waals surface area contributed by atoms with Crippen molar-refractivity contribution in [2.45, 2.75) is 18.4 Å². The van der Waals surface area contributed by atoms with Crippen LogP contribution >= 0.6 is 0 Å². The van der Waals surface area contributed by atoms with Gasteiger partial charge in [0.1, 0.15) is 5.41 Å². The Kier molecular flexibility index (Phi) is 4.73. The largest absolute Gasteiger partial charge is 0.481 e. The lowest BCUT2D eigenvalue weighted by Crippen LogP contribution is -2.45. The van der Waals surface area contributed by atoms with E-state index in [-0.39, 0.29) is 13.2 Å². The lowest BCUT2D eigenvalue weighted by Gasteiger charge is -2.28. The molecule has 0 fully saturated rings. The number of carbonyl (C=O) groups is 1. The zero-order valence-corrected chi connectivity index (χ0v) is 11.7. The van der Waals surface area contributed by atoms with Gasteiger partial charge in [-0.05, 0) is 23.1 Å². The molecule has 0 heterocycles. The van der Waals surface area contributed by atoms with Crippen molar-refractivity contribution in [3.05, 3.63) is 71.3 Å². The van der Waals surface area contributed by atoms with E-state index < -0.39 is 11.4 Å². The summed E-state index contributed by atoms with van der Waals surface area (Å²) < 4.78 is 0. The maximum Gasteiger partial charge on any atom is 0.315 e. The number of carboxylic acids is 1. The Morgan fingerprint density at radius 3 is 2.05 bits per heavy atom. The summed E-state index contributed by atoms with van der Waals surface area (Å²) in [6.07, 6.45) is 0.314. The third-order valence-corrected chi connectivity index (χ3v) is 3.80. The number of hydrogen-bond acceptors (Lipinski definition) is 3. The number of hydrogen-bond donors (Lipinski definition) is 3. The van der Waals surface area contributed by atoms with E-state index in [4.69, 9.17) is 10.8 Å². The zero-order chi connectivity index (χ0) is 15.3. The summed E-state index contributed by atoms with van der Waals surface area (Å²) in [4.78, 5) is 11.9. The highest BCUT2D eigenvalue weighted by molar-refractivity contribution is 5.82. The first-order valence-corrected chi connectivity index (χ1v) is 6.80. The topological polar surface area (TPSA) is 83.5 Å². The van der Waals surface area contributed by atoms with Crippen LogP contribution < -0.4 is 5.73 Å². The monoisotopic (exact) mass is 285 g/mol. The lowest BCUT2D eigenvalue weighted by atomic mass is 9.75. The van der Waals surface area contributed by atoms with Gasteiger partial charge in [0, 0.05) is 6.54 Å². The van der Waals surface area contributed by atoms with Crippen LogP contribution in [0.25, 0.3) is 0 Å². The first-order valence-electron chi connectivity index (χ1n) is 6.80. The van der Waals surface area contributed by atoms with Crippen molar-refractivity contribution in [1.29, 1.82) is 0 Å². The fourth-order valence-corrected chi connectivity index (χ4v) is 2.45. The van der Waals surface area contributed by atoms with Gasteiger partial charge in [-0.15, -0.1) is 0 Å². The highest BCUT2D eigenvalue weighted by Gasteiger charge is 2.39. The van der Waals surface area contributed by atoms with E-state index >= 15 is 0 Å². The molecule has 0 aliphatic carbocycles. The van der Waals surface area contributed by atoms with E-state index in [0.29, 0.717) is 12.0 Å². The first-order chi connectivity index (χ1) is 10.1. The van der Waals surface area contributed by atoms with Crippen molar-refractivity contribution in [3.8, 4) is 0 Å². The molecule has 1 unspecified atom stereocenters. The molecule has 0 aliphatic rings. The molecule has 0 amide bonds. The summed E-state index contributed by atoms with van der Waals surface area (Å²) in [5.41, 5.74) is 7.06. The Hall–Kier alpha value is -2.17. The van der Waals surface area contributed by atoms with Crippen LogP contribution in [-0.4, -0.2) is 22.7 Å². The van der Waals surface area contributed by atoms with Gasteiger partial charge in [-0.3, -0.25) is 4.79 Å². The molecule has 0 bridgehead atoms. The highest BCUT2D eigenvalue weighted by Crippen LogP contribution is 2.28. The number of aliphatic hydroxyl groups is 1. The zero-order valence-electron chi connectivity index (χ0n) is 11.7. The number of nitrogens with two attached hydrogens (primary N) is 1. The summed E-state index contributed by atoms with van der Waals surface area (Å²) in [5, 5.41) is 18.8. The van der Waals surface area contributed by atoms with Crippen molar-refractivity contribution >= 4 is 5.97 Å². The van der Waals surface area contributed by atoms with Crippen molar-refractivity contribution in [2.75, 3.05) is 6.54 Å². The molecule has 4 N–H and O–H groups in total. The molecule has 21 heavy (non-hydrogen) atoms. The minimum atomic E-state index is -1.14. The van der Waals surface area contributed by atoms with Gasteiger partial charge in [0.2, 0.25) is 0 Å². The van der Waals surface area contributed by atoms with Crippen LogP contribution in [-0.2, 0) is 23.2 Å². The second-order valence-electron chi connectivity index (χ2n) is 5.11. The second kappa shape index (κ2) is 6.52. The number of aliphatic hydroxyl groups excluding tert-OH is 1. The van der Waals surface area contributed by atoms with Gasteiger partial charge < -0.3 is 15.9 Å². The molecule has 0 saturated heterocycles. The van der Waals surface area contributed by atoms with E-state index in [9.17, 15) is 9.90 Å². The Balaban J connectivity index is 2.38. The molecule has 2 aromatic carbocycles. The summed E-state index contributed by atoms with van der Waals surface area (Å²) in [5.74, 6) is -0.928. The standard InChI is InChI=1S/C17H19NO3/c18-12-17(16(20)21,15-4-2-1-3-5-15)10-13-6-8-14(11-19)9-7-13/h1-9,19H,10-12,18H2,(H,20,21). The van der Waals surface area contributed by atoms with Crippen LogP contribution in [0.15, 0.2) is 54.6 Å². The summed E-state index contributed by atoms with van der Waals surface area (Å²) >= 11 is 0. The molecule has 2 rings (SSSR count). The molecule has 0 saturated carbocycles. The summed E-state index contributed by atoms with van der Waals surface area (Å²) in [7, 11) is 0. The van der Waals surface area contributed by atoms with Crippen molar-refractivity contribution in [3.63, 3.8) is 0 Å². The third kappa shape index (κ3) is 3.12. The first kappa shape index (κ1) is 15.2. The van der Waals surface area contributed by atoms with Gasteiger partial charge in [0.05, 0.1) is 6.61 Å². The van der Waals surface area contributed by atoms with Crippen LogP contribution in [0.5, 0.6) is 0 Å². The average Bonchev–Trinajstić information content (AvgIpc) is 2.54. The van der Waals surface area contributed by atoms with Gasteiger partial charge >= 0.3 is 5.97 Å². The summed E-state index contributed by atoms with van der Waals surface area (Å²) in [6.45, 7) is -0.00593. The smallest absolute Gasteiger partial charge is 0.315 e. The van der Waals surface area contributed by atoms with Crippen LogP contribution in [0.1, 0.15) is 16.7 Å². The van der Waals surface area contributed by atoms with E-state index in [1.165, 1.54) is 0 Å². The molecular weight excluding hydrogens is 266 g/mol. The molecule has 4 heteroatoms. The lowest BCUT2D eigenvalue weighted by molar-refractivity contribution is -0.143. The molecule has 0 radical (unpaired) electrons. The Morgan fingerprint density at radius 1 is 1.00 bits per heavy atom. The predicted molar refractivity (Wildman–Crippen MR) is 80.9 cm³/mol. The van der Waals surface area contributed by atoms with Crippen molar-refractivity contribution < 1.29 is 15.0 Å². The van der Waals surface area contributed by atoms with Crippen LogP contribution in [0.2, 0.25) is 0 Å². The Labute approximate surface area is 123 Å². The number of benzene rings is 2. The normalized spacial score (nSPS) is 13.6. The van der Waals surface area contributed by atoms with E-state index in [1.54, 1.807) is 24.3 Å². The van der Waals surface area contributed by atoms with Crippen LogP contribution in [0.4, 0.5) is 0 Å². The Morgan fingerprint density at radius 2 is 1.57 bits per heavy atom. The molecule has 110 valence electrons. The van der Waals surface area contributed by atoms with Crippen molar-refractivity contribution in [2.24, 2.45) is 5.73 Å². The quantitative estimate of drug-likeness (QED) is 0.754. The number of aliphatic carboxylic acids is 1. The third-order valence-electron chi connectivity index (χ3n) is 3.80. The predicted octanol–water partition coefficient (Wildman–Crippen LogP) is 1.70. The Bertz CT molecular complexity index is 595. The van der Waals surface area contributed by atoms with Crippen LogP contribution in [0.3, 0.4) is 0 Å². The fraction of sp³-hybridized carbons (Fsp3) is 0.235. The van der Waals surface area contributed by atoms with Crippen LogP contribution in [0, 0.1) is 0 Å². The molecular formula is C17H19NO3. The molecule has 0 spiro atoms. The fourth-order valence-electron chi connectivity index (χ4n) is 2.45. The average molecular weight is 285 g/mol. The van der Waals surface area contributed by atoms with Gasteiger partial charge in [-0.25, -0.2) is 0 Å². The molecule has 1 atom stereocenters. The summed E-state index contributed by atoms with van der Waals surface area (Å²) in [6, 6.07) is 16.3. The van der Waals surface area contributed by atoms with E-state index in [2.05, 4.69) is 0 Å². The van der Waals surface area contributed by atoms with E-state index in [0.717, 1.165) is 11.1 Å². The highest BCUT2D eigenvalue weighted by atomic mass is 16.4. The molecule has 0 aromatic heterocycles. The van der Waals surface area contributed by atoms with Gasteiger partial charge in [-0.2, -0.15) is 0 Å². The minimum Gasteiger partial charge on any atom is -0.481 e.